The van der Waals surface area contributed by atoms with Gasteiger partial charge in [0.25, 0.3) is 10.1 Å². The number of nitrogens with zero attached hydrogens (tertiary/aromatic N) is 3. The third kappa shape index (κ3) is 5.09. The van der Waals surface area contributed by atoms with Gasteiger partial charge in [-0.15, -0.1) is 11.3 Å². The van der Waals surface area contributed by atoms with Gasteiger partial charge in [-0.2, -0.15) is 8.42 Å². The summed E-state index contributed by atoms with van der Waals surface area (Å²) in [5.41, 5.74) is 0.955. The summed E-state index contributed by atoms with van der Waals surface area (Å²) >= 11 is 1.35. The summed E-state index contributed by atoms with van der Waals surface area (Å²) < 4.78 is 36.9. The fourth-order valence-electron chi connectivity index (χ4n) is 2.14. The van der Waals surface area contributed by atoms with Crippen LogP contribution in [0.2, 0.25) is 0 Å². The highest BCUT2D eigenvalue weighted by Crippen LogP contribution is 2.45. The molecular weight excluding hydrogens is 398 g/mol. The number of rotatable bonds is 4. The molecule has 0 bridgehead atoms. The topological polar surface area (TPSA) is 142 Å². The quantitative estimate of drug-likeness (QED) is 0.388. The average molecular weight is 413 g/mol. The van der Waals surface area contributed by atoms with E-state index in [-0.39, 0.29) is 11.4 Å². The van der Waals surface area contributed by atoms with Crippen molar-refractivity contribution in [3.05, 3.63) is 40.7 Å². The van der Waals surface area contributed by atoms with Crippen LogP contribution < -0.4 is 9.47 Å². The Balaban J connectivity index is 0.000000465. The minimum atomic E-state index is -3.67. The van der Waals surface area contributed by atoms with Crippen LogP contribution in [-0.2, 0) is 10.1 Å². The molecule has 0 fully saturated rings. The van der Waals surface area contributed by atoms with Gasteiger partial charge >= 0.3 is 5.69 Å². The second kappa shape index (κ2) is 8.24. The van der Waals surface area contributed by atoms with Crippen LogP contribution in [0.4, 0.5) is 5.69 Å². The van der Waals surface area contributed by atoms with Crippen LogP contribution in [0.1, 0.15) is 0 Å². The first-order chi connectivity index (χ1) is 12.7. The lowest BCUT2D eigenvalue weighted by Crippen LogP contribution is -1.98. The Morgan fingerprint density at radius 1 is 1.22 bits per heavy atom. The van der Waals surface area contributed by atoms with Crippen LogP contribution >= 0.6 is 11.3 Å². The monoisotopic (exact) mass is 413 g/mol. The molecular formula is C15H15N3O7S2. The van der Waals surface area contributed by atoms with Crippen molar-refractivity contribution in [1.82, 2.24) is 9.97 Å². The number of thiazole rings is 1. The molecule has 0 aliphatic rings. The fourth-order valence-corrected chi connectivity index (χ4v) is 3.15. The van der Waals surface area contributed by atoms with Crippen LogP contribution in [0.15, 0.2) is 30.6 Å². The largest absolute Gasteiger partial charge is 0.493 e. The lowest BCUT2D eigenvalue weighted by Gasteiger charge is -2.07. The minimum Gasteiger partial charge on any atom is -0.493 e. The highest BCUT2D eigenvalue weighted by Gasteiger charge is 2.27. The smallest absolute Gasteiger partial charge is 0.341 e. The number of pyridine rings is 1. The Kier molecular flexibility index (Phi) is 6.25. The van der Waals surface area contributed by atoms with Gasteiger partial charge in [-0.05, 0) is 12.1 Å². The maximum absolute atomic E-state index is 11.4. The Morgan fingerprint density at radius 2 is 1.81 bits per heavy atom. The lowest BCUT2D eigenvalue weighted by atomic mass is 10.2. The van der Waals surface area contributed by atoms with Gasteiger partial charge < -0.3 is 9.47 Å². The fraction of sp³-hybridized carbons (Fsp3) is 0.200. The Labute approximate surface area is 158 Å². The number of hydrogen-bond donors (Lipinski definition) is 1. The van der Waals surface area contributed by atoms with Crippen LogP contribution in [-0.4, -0.2) is 48.3 Å². The van der Waals surface area contributed by atoms with E-state index in [1.807, 2.05) is 0 Å². The Bertz CT molecular complexity index is 1060. The van der Waals surface area contributed by atoms with Crippen molar-refractivity contribution in [2.45, 2.75) is 0 Å². The summed E-state index contributed by atoms with van der Waals surface area (Å²) in [6, 6.07) is 5.31. The molecule has 2 heterocycles. The van der Waals surface area contributed by atoms with E-state index in [1.165, 1.54) is 25.6 Å². The van der Waals surface area contributed by atoms with Crippen LogP contribution in [0.3, 0.4) is 0 Å². The van der Waals surface area contributed by atoms with Gasteiger partial charge in [0.2, 0.25) is 5.75 Å². The van der Waals surface area contributed by atoms with Crippen LogP contribution in [0, 0.1) is 10.1 Å². The number of aromatic nitrogens is 2. The number of hydrogen-bond acceptors (Lipinski definition) is 9. The van der Waals surface area contributed by atoms with E-state index in [0.717, 1.165) is 5.56 Å². The first-order valence-corrected chi connectivity index (χ1v) is 9.85. The Morgan fingerprint density at radius 3 is 2.30 bits per heavy atom. The molecule has 0 aliphatic heterocycles. The molecule has 1 aromatic carbocycles. The molecule has 12 heteroatoms. The number of nitro groups is 1. The zero-order valence-corrected chi connectivity index (χ0v) is 16.1. The van der Waals surface area contributed by atoms with Crippen molar-refractivity contribution in [1.29, 1.82) is 0 Å². The third-order valence-corrected chi connectivity index (χ3v) is 4.16. The molecule has 3 rings (SSSR count). The van der Waals surface area contributed by atoms with Crippen molar-refractivity contribution in [3.63, 3.8) is 0 Å². The second-order valence-electron chi connectivity index (χ2n) is 5.05. The number of nitro benzene ring substituents is 1. The molecule has 0 aliphatic carbocycles. The van der Waals surface area contributed by atoms with Gasteiger partial charge in [-0.3, -0.25) is 19.7 Å². The zero-order valence-electron chi connectivity index (χ0n) is 14.4. The predicted molar refractivity (Wildman–Crippen MR) is 100 cm³/mol. The van der Waals surface area contributed by atoms with Crippen molar-refractivity contribution >= 4 is 37.4 Å². The zero-order chi connectivity index (χ0) is 20.2. The first-order valence-electron chi connectivity index (χ1n) is 7.18. The minimum absolute atomic E-state index is 0.0755. The summed E-state index contributed by atoms with van der Waals surface area (Å²) in [7, 11) is -0.856. The van der Waals surface area contributed by atoms with E-state index in [1.54, 1.807) is 30.6 Å². The predicted octanol–water partition coefficient (Wildman–Crippen LogP) is 2.79. The number of benzene rings is 1. The molecule has 0 amide bonds. The molecule has 27 heavy (non-hydrogen) atoms. The molecule has 10 nitrogen and oxygen atoms in total. The van der Waals surface area contributed by atoms with Crippen molar-refractivity contribution in [2.24, 2.45) is 0 Å². The maximum atomic E-state index is 11.4. The number of methoxy groups -OCH3 is 2. The molecule has 0 spiro atoms. The van der Waals surface area contributed by atoms with E-state index in [0.29, 0.717) is 27.2 Å². The van der Waals surface area contributed by atoms with Crippen LogP contribution in [0.25, 0.3) is 20.8 Å². The highest BCUT2D eigenvalue weighted by atomic mass is 32.2. The number of fused-ring (bicyclic) bond motifs is 1. The molecule has 0 unspecified atom stereocenters. The van der Waals surface area contributed by atoms with Gasteiger partial charge in [0.1, 0.15) is 5.01 Å². The van der Waals surface area contributed by atoms with Crippen molar-refractivity contribution in [2.75, 3.05) is 20.5 Å². The summed E-state index contributed by atoms with van der Waals surface area (Å²) in [5.74, 6) is 0.387. The van der Waals surface area contributed by atoms with Gasteiger partial charge in [0.05, 0.1) is 30.1 Å². The molecule has 0 saturated heterocycles. The van der Waals surface area contributed by atoms with Gasteiger partial charge in [-0.1, -0.05) is 0 Å². The first kappa shape index (κ1) is 20.5. The molecule has 1 N–H and O–H groups in total. The molecule has 3 aromatic rings. The second-order valence-corrected chi connectivity index (χ2v) is 7.55. The molecule has 0 saturated carbocycles. The van der Waals surface area contributed by atoms with Gasteiger partial charge in [0, 0.05) is 24.0 Å². The van der Waals surface area contributed by atoms with Crippen LogP contribution in [0.5, 0.6) is 11.5 Å². The standard InChI is InChI=1S/C14H11N3O4S.CH4O3S/c1-20-9-7-10-11(12(17(18)19)13(9)21-2)16-14(22-10)8-3-5-15-6-4-8;1-5(2,3)4/h3-7H,1-2H3;1H3,(H,2,3,4). The maximum Gasteiger partial charge on any atom is 0.341 e. The molecule has 2 aromatic heterocycles. The third-order valence-electron chi connectivity index (χ3n) is 3.11. The summed E-state index contributed by atoms with van der Waals surface area (Å²) in [5, 5.41) is 12.1. The van der Waals surface area contributed by atoms with E-state index in [4.69, 9.17) is 14.0 Å². The molecule has 0 atom stereocenters. The molecule has 144 valence electrons. The highest BCUT2D eigenvalue weighted by molar-refractivity contribution is 7.85. The number of ether oxygens (including phenoxy) is 2. The summed E-state index contributed by atoms with van der Waals surface area (Å²) in [6.07, 6.45) is 4.01. The van der Waals surface area contributed by atoms with Crippen molar-refractivity contribution < 1.29 is 27.4 Å². The molecule has 0 radical (unpaired) electrons. The van der Waals surface area contributed by atoms with E-state index in [9.17, 15) is 18.5 Å². The SMILES string of the molecule is COc1cc2sc(-c3ccncc3)nc2c([N+](=O)[O-])c1OC.CS(=O)(=O)O. The van der Waals surface area contributed by atoms with Gasteiger partial charge in [-0.25, -0.2) is 4.98 Å². The van der Waals surface area contributed by atoms with Crippen molar-refractivity contribution in [3.8, 4) is 22.1 Å². The normalized spacial score (nSPS) is 10.8. The summed E-state index contributed by atoms with van der Waals surface area (Å²) in [6.45, 7) is 0. The summed E-state index contributed by atoms with van der Waals surface area (Å²) in [4.78, 5) is 19.3. The lowest BCUT2D eigenvalue weighted by molar-refractivity contribution is -0.384. The van der Waals surface area contributed by atoms with E-state index in [2.05, 4.69) is 9.97 Å². The average Bonchev–Trinajstić information content (AvgIpc) is 3.02. The van der Waals surface area contributed by atoms with E-state index >= 15 is 0 Å². The Hall–Kier alpha value is -2.83. The van der Waals surface area contributed by atoms with Gasteiger partial charge in [0.15, 0.2) is 11.3 Å². The van der Waals surface area contributed by atoms with E-state index < -0.39 is 15.0 Å².